The third-order valence-electron chi connectivity index (χ3n) is 6.01. The average molecular weight is 548 g/mol. The van der Waals surface area contributed by atoms with E-state index in [9.17, 15) is 14.7 Å². The number of aromatic nitrogens is 2. The van der Waals surface area contributed by atoms with E-state index in [1.807, 2.05) is 13.8 Å². The van der Waals surface area contributed by atoms with E-state index in [1.165, 1.54) is 39.6 Å². The maximum absolute atomic E-state index is 13.5. The number of amides is 1. The molecule has 3 heterocycles. The number of aryl methyl sites for hydroxylation is 2. The van der Waals surface area contributed by atoms with Crippen molar-refractivity contribution in [2.24, 2.45) is 0 Å². The second kappa shape index (κ2) is 10.8. The molecule has 0 saturated heterocycles. The van der Waals surface area contributed by atoms with Crippen LogP contribution in [0.2, 0.25) is 0 Å². The highest BCUT2D eigenvalue weighted by Gasteiger charge is 2.46. The van der Waals surface area contributed by atoms with Crippen LogP contribution in [0.25, 0.3) is 0 Å². The lowest BCUT2D eigenvalue weighted by atomic mass is 9.95. The van der Waals surface area contributed by atoms with Crippen LogP contribution in [0.15, 0.2) is 80.8 Å². The van der Waals surface area contributed by atoms with Crippen molar-refractivity contribution in [1.29, 1.82) is 0 Å². The highest BCUT2D eigenvalue weighted by Crippen LogP contribution is 2.44. The number of aliphatic hydroxyl groups excluding tert-OH is 1. The lowest BCUT2D eigenvalue weighted by Gasteiger charge is -2.24. The fourth-order valence-corrected chi connectivity index (χ4v) is 5.96. The predicted molar refractivity (Wildman–Crippen MR) is 146 cm³/mol. The number of nitrogens with zero attached hydrogens (tertiary/aromatic N) is 3. The Hall–Kier alpha value is -3.89. The lowest BCUT2D eigenvalue weighted by molar-refractivity contribution is -0.117. The van der Waals surface area contributed by atoms with Crippen molar-refractivity contribution < 1.29 is 23.8 Å². The maximum atomic E-state index is 13.5. The molecule has 0 bridgehead atoms. The number of ether oxygens (including phenoxy) is 1. The topological polar surface area (TPSA) is 106 Å². The number of carbonyl (C=O) groups excluding carboxylic acids is 2. The van der Waals surface area contributed by atoms with Gasteiger partial charge in [0.2, 0.25) is 10.9 Å². The van der Waals surface area contributed by atoms with Crippen molar-refractivity contribution in [2.45, 2.75) is 36.9 Å². The van der Waals surface area contributed by atoms with Gasteiger partial charge in [0.25, 0.3) is 5.91 Å². The van der Waals surface area contributed by atoms with Crippen molar-refractivity contribution in [3.05, 3.63) is 100 Å². The monoisotopic (exact) mass is 547 g/mol. The Morgan fingerprint density at radius 1 is 1.08 bits per heavy atom. The molecule has 1 N–H and O–H groups in total. The largest absolute Gasteiger partial charge is 0.503 e. The van der Waals surface area contributed by atoms with E-state index in [0.717, 1.165) is 5.56 Å². The molecule has 1 aliphatic heterocycles. The molecule has 0 saturated carbocycles. The number of hydrogen-bond acceptors (Lipinski definition) is 9. The third kappa shape index (κ3) is 5.09. The molecule has 5 rings (SSSR count). The Balaban J connectivity index is 1.48. The molecular formula is C28H25N3O5S2. The first-order valence-electron chi connectivity index (χ1n) is 12.0. The number of Topliss-reactive ketones (excluding diaryl/α,β-unsaturated/α-hetero) is 1. The molecule has 1 atom stereocenters. The first kappa shape index (κ1) is 25.7. The van der Waals surface area contributed by atoms with Gasteiger partial charge in [-0.2, -0.15) is 0 Å². The number of aliphatic hydroxyl groups is 1. The van der Waals surface area contributed by atoms with Gasteiger partial charge < -0.3 is 14.3 Å². The van der Waals surface area contributed by atoms with Crippen LogP contribution in [0.1, 0.15) is 46.0 Å². The molecule has 1 aliphatic rings. The normalized spacial score (nSPS) is 15.4. The smallest absolute Gasteiger partial charge is 0.296 e. The van der Waals surface area contributed by atoms with Crippen molar-refractivity contribution in [1.82, 2.24) is 10.2 Å². The van der Waals surface area contributed by atoms with Gasteiger partial charge in [0.15, 0.2) is 15.9 Å². The maximum Gasteiger partial charge on any atom is 0.296 e. The molecule has 0 aliphatic carbocycles. The first-order chi connectivity index (χ1) is 18.4. The number of carbonyl (C=O) groups is 2. The molecule has 0 spiro atoms. The van der Waals surface area contributed by atoms with Crippen LogP contribution < -0.4 is 9.64 Å². The van der Waals surface area contributed by atoms with Gasteiger partial charge in [0, 0.05) is 5.75 Å². The molecule has 194 valence electrons. The molecule has 0 fully saturated rings. The summed E-state index contributed by atoms with van der Waals surface area (Å²) in [5, 5.41) is 19.7. The second-order valence-electron chi connectivity index (χ2n) is 8.71. The van der Waals surface area contributed by atoms with Gasteiger partial charge in [-0.25, -0.2) is 0 Å². The number of ketones is 1. The standard InChI is InChI=1S/C28H25N3O5S2/c1-4-35-20-12-10-19(11-13-20)23-22(24(32)21-14-7-17(3)36-21)25(33)26(34)31(23)27-29-30-28(38-27)37-15-18-8-5-16(2)6-9-18/h5-14,23,33H,4,15H2,1-3H3. The zero-order valence-electron chi connectivity index (χ0n) is 21.0. The minimum absolute atomic E-state index is 0.0428. The van der Waals surface area contributed by atoms with E-state index in [0.29, 0.717) is 33.8 Å². The molecule has 10 heteroatoms. The zero-order valence-corrected chi connectivity index (χ0v) is 22.6. The Bertz CT molecular complexity index is 1510. The predicted octanol–water partition coefficient (Wildman–Crippen LogP) is 6.22. The van der Waals surface area contributed by atoms with Gasteiger partial charge in [-0.15, -0.1) is 10.2 Å². The summed E-state index contributed by atoms with van der Waals surface area (Å²) in [7, 11) is 0. The van der Waals surface area contributed by atoms with Crippen molar-refractivity contribution in [2.75, 3.05) is 11.5 Å². The van der Waals surface area contributed by atoms with Crippen molar-refractivity contribution >= 4 is 39.9 Å². The molecule has 4 aromatic rings. The quantitative estimate of drug-likeness (QED) is 0.150. The molecule has 1 amide bonds. The van der Waals surface area contributed by atoms with Gasteiger partial charge in [-0.3, -0.25) is 14.5 Å². The van der Waals surface area contributed by atoms with E-state index in [1.54, 1.807) is 37.3 Å². The number of hydrogen-bond donors (Lipinski definition) is 1. The van der Waals surface area contributed by atoms with Crippen LogP contribution in [0.3, 0.4) is 0 Å². The highest BCUT2D eigenvalue weighted by molar-refractivity contribution is 8.00. The SMILES string of the molecule is CCOc1ccc(C2C(C(=O)c3ccc(C)o3)=C(O)C(=O)N2c2nnc(SCc3ccc(C)cc3)s2)cc1. The van der Waals surface area contributed by atoms with E-state index in [4.69, 9.17) is 9.15 Å². The molecule has 0 radical (unpaired) electrons. The number of thioether (sulfide) groups is 1. The fraction of sp³-hybridized carbons (Fsp3) is 0.214. The molecule has 2 aromatic carbocycles. The minimum Gasteiger partial charge on any atom is -0.503 e. The number of rotatable bonds is 9. The fourth-order valence-electron chi connectivity index (χ4n) is 4.14. The zero-order chi connectivity index (χ0) is 26.8. The molecular weight excluding hydrogens is 522 g/mol. The van der Waals surface area contributed by atoms with Gasteiger partial charge in [0.05, 0.1) is 18.2 Å². The van der Waals surface area contributed by atoms with Crippen molar-refractivity contribution in [3.63, 3.8) is 0 Å². The van der Waals surface area contributed by atoms with Gasteiger partial charge in [0.1, 0.15) is 11.5 Å². The van der Waals surface area contributed by atoms with Gasteiger partial charge in [-0.1, -0.05) is 65.1 Å². The Labute approximate surface area is 228 Å². The summed E-state index contributed by atoms with van der Waals surface area (Å²) in [4.78, 5) is 28.2. The highest BCUT2D eigenvalue weighted by atomic mass is 32.2. The number of furan rings is 1. The minimum atomic E-state index is -0.918. The molecule has 38 heavy (non-hydrogen) atoms. The van der Waals surface area contributed by atoms with E-state index < -0.39 is 23.5 Å². The Morgan fingerprint density at radius 3 is 2.47 bits per heavy atom. The summed E-state index contributed by atoms with van der Waals surface area (Å²) in [6, 6.07) is 17.6. The number of anilines is 1. The second-order valence-corrected chi connectivity index (χ2v) is 10.9. The molecule has 8 nitrogen and oxygen atoms in total. The van der Waals surface area contributed by atoms with Crippen LogP contribution >= 0.6 is 23.1 Å². The third-order valence-corrected chi connectivity index (χ3v) is 8.14. The van der Waals surface area contributed by atoms with Crippen molar-refractivity contribution in [3.8, 4) is 5.75 Å². The van der Waals surface area contributed by atoms with E-state index >= 15 is 0 Å². The summed E-state index contributed by atoms with van der Waals surface area (Å²) in [5.41, 5.74) is 2.87. The first-order valence-corrected chi connectivity index (χ1v) is 13.8. The number of benzene rings is 2. The summed E-state index contributed by atoms with van der Waals surface area (Å²) in [5.74, 6) is 0.0157. The van der Waals surface area contributed by atoms with Crippen LogP contribution in [-0.2, 0) is 10.5 Å². The lowest BCUT2D eigenvalue weighted by Crippen LogP contribution is -2.31. The summed E-state index contributed by atoms with van der Waals surface area (Å²) < 4.78 is 11.7. The van der Waals surface area contributed by atoms with Gasteiger partial charge >= 0.3 is 0 Å². The van der Waals surface area contributed by atoms with Gasteiger partial charge in [-0.05, 0) is 56.2 Å². The molecule has 2 aromatic heterocycles. The van der Waals surface area contributed by atoms with Crippen LogP contribution in [0.5, 0.6) is 5.75 Å². The molecule has 1 unspecified atom stereocenters. The Kier molecular flexibility index (Phi) is 7.35. The average Bonchev–Trinajstić information content (AvgIpc) is 3.63. The van der Waals surface area contributed by atoms with Crippen LogP contribution in [0, 0.1) is 13.8 Å². The summed E-state index contributed by atoms with van der Waals surface area (Å²) >= 11 is 2.73. The van der Waals surface area contributed by atoms with E-state index in [-0.39, 0.29) is 16.5 Å². The Morgan fingerprint density at radius 2 is 1.82 bits per heavy atom. The summed E-state index contributed by atoms with van der Waals surface area (Å²) in [6.45, 7) is 6.15. The van der Waals surface area contributed by atoms with E-state index in [2.05, 4.69) is 34.5 Å². The van der Waals surface area contributed by atoms with Crippen LogP contribution in [0.4, 0.5) is 5.13 Å². The van der Waals surface area contributed by atoms with Crippen LogP contribution in [-0.4, -0.2) is 33.6 Å². The summed E-state index contributed by atoms with van der Waals surface area (Å²) in [6.07, 6.45) is 0.